The van der Waals surface area contributed by atoms with Gasteiger partial charge in [-0.1, -0.05) is 102 Å². The Labute approximate surface area is 183 Å². The molecule has 5 rings (SSSR count). The molecule has 1 aliphatic rings. The topological polar surface area (TPSA) is 24.7 Å². The minimum Gasteiger partial charge on any atom is -0.247 e. The second kappa shape index (κ2) is 7.91. The lowest BCUT2D eigenvalue weighted by molar-refractivity contribution is 1.20. The highest BCUT2D eigenvalue weighted by Gasteiger charge is 2.11. The molecule has 4 heteroatoms. The van der Waals surface area contributed by atoms with Gasteiger partial charge < -0.3 is 0 Å². The van der Waals surface area contributed by atoms with Crippen LogP contribution in [-0.2, 0) is 0 Å². The lowest BCUT2D eigenvalue weighted by Crippen LogP contribution is -2.34. The maximum Gasteiger partial charge on any atom is 0.0804 e. The van der Waals surface area contributed by atoms with Gasteiger partial charge in [0.15, 0.2) is 0 Å². The summed E-state index contributed by atoms with van der Waals surface area (Å²) >= 11 is 12.8. The highest BCUT2D eigenvalue weighted by Crippen LogP contribution is 2.19. The van der Waals surface area contributed by atoms with Crippen molar-refractivity contribution in [2.75, 3.05) is 0 Å². The van der Waals surface area contributed by atoms with E-state index in [1.54, 1.807) is 0 Å². The van der Waals surface area contributed by atoms with E-state index in [-0.39, 0.29) is 0 Å². The molecule has 144 valence electrons. The van der Waals surface area contributed by atoms with E-state index in [0.717, 1.165) is 43.7 Å². The first kappa shape index (κ1) is 18.8. The van der Waals surface area contributed by atoms with Gasteiger partial charge in [-0.2, -0.15) is 0 Å². The molecule has 1 heterocycles. The Hall–Kier alpha value is -3.20. The van der Waals surface area contributed by atoms with Crippen molar-refractivity contribution in [1.29, 1.82) is 0 Å². The van der Waals surface area contributed by atoms with E-state index in [0.29, 0.717) is 10.0 Å². The van der Waals surface area contributed by atoms with E-state index in [1.807, 2.05) is 78.9 Å². The molecule has 0 aromatic heterocycles. The van der Waals surface area contributed by atoms with Crippen LogP contribution < -0.4 is 21.2 Å². The number of rotatable bonds is 2. The second-order valence-electron chi connectivity index (χ2n) is 6.95. The molecule has 0 spiro atoms. The van der Waals surface area contributed by atoms with Crippen LogP contribution in [0.15, 0.2) is 107 Å². The third-order valence-corrected chi connectivity index (χ3v) is 5.73. The van der Waals surface area contributed by atoms with Crippen molar-refractivity contribution in [3.8, 4) is 0 Å². The molecule has 0 N–H and O–H groups in total. The summed E-state index contributed by atoms with van der Waals surface area (Å²) in [5, 5.41) is 4.35. The van der Waals surface area contributed by atoms with Crippen LogP contribution in [0.4, 0.5) is 0 Å². The molecule has 0 radical (unpaired) electrons. The number of para-hydroxylation sites is 1. The molecular formula is C26H16Cl2N2. The quantitative estimate of drug-likeness (QED) is 0.457. The highest BCUT2D eigenvalue weighted by molar-refractivity contribution is 6.41. The standard InChI is InChI=1S/C26H16Cl2N2/c27-21-15-20-24(16-22(21)28)30-25(17-9-3-1-4-10-17)19-13-7-8-14-23(19)29-26(20)18-11-5-2-6-12-18/h1-16H/b25-19-,26-20-,29-23+,29-26?,30-24+,30-25?. The molecule has 0 atom stereocenters. The summed E-state index contributed by atoms with van der Waals surface area (Å²) in [7, 11) is 0. The molecule has 30 heavy (non-hydrogen) atoms. The maximum absolute atomic E-state index is 6.41. The monoisotopic (exact) mass is 426 g/mol. The summed E-state index contributed by atoms with van der Waals surface area (Å²) in [6, 6.07) is 31.9. The van der Waals surface area contributed by atoms with Gasteiger partial charge in [-0.05, 0) is 18.2 Å². The SMILES string of the molecule is Clc1cc2/c(cc1Cl)=N/C(c1ccccc1)=c1/cccc/c1=N\C=2c1ccccc1. The number of fused-ring (bicyclic) bond motifs is 2. The van der Waals surface area contributed by atoms with Gasteiger partial charge in [0.05, 0.1) is 32.2 Å². The average Bonchev–Trinajstić information content (AvgIpc) is 2.78. The van der Waals surface area contributed by atoms with E-state index in [2.05, 4.69) is 18.2 Å². The molecule has 1 aliphatic heterocycles. The highest BCUT2D eigenvalue weighted by atomic mass is 35.5. The Morgan fingerprint density at radius 2 is 0.967 bits per heavy atom. The van der Waals surface area contributed by atoms with Crippen LogP contribution in [0, 0.1) is 0 Å². The summed E-state index contributed by atoms with van der Waals surface area (Å²) in [4.78, 5) is 10.2. The maximum atomic E-state index is 6.41. The molecule has 2 nitrogen and oxygen atoms in total. The fraction of sp³-hybridized carbons (Fsp3) is 0. The normalized spacial score (nSPS) is 18.6. The van der Waals surface area contributed by atoms with Gasteiger partial charge in [0.1, 0.15) is 0 Å². The zero-order valence-corrected chi connectivity index (χ0v) is 17.4. The van der Waals surface area contributed by atoms with Crippen LogP contribution >= 0.6 is 23.2 Å². The van der Waals surface area contributed by atoms with Crippen molar-refractivity contribution >= 4 is 34.6 Å². The molecule has 0 unspecified atom stereocenters. The third-order valence-electron chi connectivity index (χ3n) is 5.01. The largest absolute Gasteiger partial charge is 0.247 e. The van der Waals surface area contributed by atoms with Gasteiger partial charge >= 0.3 is 0 Å². The van der Waals surface area contributed by atoms with Gasteiger partial charge in [-0.15, -0.1) is 0 Å². The number of halogens is 2. The summed E-state index contributed by atoms with van der Waals surface area (Å²) in [6.07, 6.45) is 0. The van der Waals surface area contributed by atoms with Crippen molar-refractivity contribution in [3.63, 3.8) is 0 Å². The Kier molecular flexibility index (Phi) is 4.96. The Morgan fingerprint density at radius 3 is 1.63 bits per heavy atom. The van der Waals surface area contributed by atoms with Crippen molar-refractivity contribution in [1.82, 2.24) is 0 Å². The van der Waals surface area contributed by atoms with E-state index < -0.39 is 0 Å². The fourth-order valence-corrected chi connectivity index (χ4v) is 3.90. The molecule has 0 bridgehead atoms. The zero-order valence-electron chi connectivity index (χ0n) is 15.9. The van der Waals surface area contributed by atoms with Crippen LogP contribution in [-0.4, -0.2) is 0 Å². The van der Waals surface area contributed by atoms with E-state index in [1.165, 1.54) is 0 Å². The fourth-order valence-electron chi connectivity index (χ4n) is 3.58. The number of nitrogens with zero attached hydrogens (tertiary/aromatic N) is 2. The first-order chi connectivity index (χ1) is 14.7. The van der Waals surface area contributed by atoms with E-state index in [9.17, 15) is 0 Å². The van der Waals surface area contributed by atoms with Crippen molar-refractivity contribution in [3.05, 3.63) is 139 Å². The average molecular weight is 427 g/mol. The van der Waals surface area contributed by atoms with Crippen molar-refractivity contribution in [2.45, 2.75) is 0 Å². The number of hydrogen-bond donors (Lipinski definition) is 0. The van der Waals surface area contributed by atoms with Gasteiger partial charge in [-0.25, -0.2) is 9.98 Å². The molecule has 0 amide bonds. The third kappa shape index (κ3) is 3.45. The van der Waals surface area contributed by atoms with Crippen molar-refractivity contribution in [2.24, 2.45) is 9.98 Å². The minimum absolute atomic E-state index is 0.466. The van der Waals surface area contributed by atoms with Gasteiger partial charge in [0, 0.05) is 21.6 Å². The van der Waals surface area contributed by atoms with Gasteiger partial charge in [0.2, 0.25) is 0 Å². The molecule has 0 aliphatic carbocycles. The lowest BCUT2D eigenvalue weighted by Gasteiger charge is -2.10. The lowest BCUT2D eigenvalue weighted by atomic mass is 10.1. The molecule has 0 saturated carbocycles. The first-order valence-electron chi connectivity index (χ1n) is 9.58. The summed E-state index contributed by atoms with van der Waals surface area (Å²) in [5.41, 5.74) is 3.67. The van der Waals surface area contributed by atoms with Crippen LogP contribution in [0.2, 0.25) is 10.0 Å². The predicted octanol–water partition coefficient (Wildman–Crippen LogP) is 4.26. The van der Waals surface area contributed by atoms with Crippen LogP contribution in [0.3, 0.4) is 0 Å². The number of hydrogen-bond acceptors (Lipinski definition) is 2. The first-order valence-corrected chi connectivity index (χ1v) is 10.3. The van der Waals surface area contributed by atoms with Crippen LogP contribution in [0.5, 0.6) is 0 Å². The summed E-state index contributed by atoms with van der Waals surface area (Å²) < 4.78 is 0. The van der Waals surface area contributed by atoms with E-state index in [4.69, 9.17) is 33.2 Å². The molecule has 4 aromatic rings. The second-order valence-corrected chi connectivity index (χ2v) is 7.77. The van der Waals surface area contributed by atoms with Crippen molar-refractivity contribution < 1.29 is 0 Å². The Morgan fingerprint density at radius 1 is 0.467 bits per heavy atom. The Balaban J connectivity index is 2.01. The van der Waals surface area contributed by atoms with Crippen LogP contribution in [0.1, 0.15) is 11.1 Å². The minimum atomic E-state index is 0.466. The smallest absolute Gasteiger partial charge is 0.0804 e. The molecule has 0 saturated heterocycles. The summed E-state index contributed by atoms with van der Waals surface area (Å²) in [6.45, 7) is 0. The van der Waals surface area contributed by atoms with Gasteiger partial charge in [-0.3, -0.25) is 0 Å². The zero-order chi connectivity index (χ0) is 20.5. The predicted molar refractivity (Wildman–Crippen MR) is 122 cm³/mol. The number of benzene rings is 4. The Bertz CT molecular complexity index is 1490. The summed E-state index contributed by atoms with van der Waals surface area (Å²) in [5.74, 6) is 0. The molecule has 0 fully saturated rings. The molecule has 4 aromatic carbocycles. The van der Waals surface area contributed by atoms with E-state index >= 15 is 0 Å². The van der Waals surface area contributed by atoms with Gasteiger partial charge in [0.25, 0.3) is 0 Å². The molecular weight excluding hydrogens is 411 g/mol. The van der Waals surface area contributed by atoms with Crippen LogP contribution in [0.25, 0.3) is 11.4 Å².